The Labute approximate surface area is 171 Å². The third kappa shape index (κ3) is 6.34. The van der Waals surface area contributed by atoms with E-state index < -0.39 is 5.97 Å². The lowest BCUT2D eigenvalue weighted by atomic mass is 9.82. The van der Waals surface area contributed by atoms with E-state index in [1.165, 1.54) is 37.8 Å². The van der Waals surface area contributed by atoms with Crippen LogP contribution < -0.4 is 5.43 Å². The zero-order valence-corrected chi connectivity index (χ0v) is 17.6. The van der Waals surface area contributed by atoms with Gasteiger partial charge in [-0.3, -0.25) is 9.59 Å². The number of hydrogen-bond acceptors (Lipinski definition) is 4. The van der Waals surface area contributed by atoms with Gasteiger partial charge in [0.2, 0.25) is 0 Å². The van der Waals surface area contributed by atoms with Gasteiger partial charge >= 0.3 is 0 Å². The first-order valence-corrected chi connectivity index (χ1v) is 10.0. The first-order valence-electron chi connectivity index (χ1n) is 10.0. The Morgan fingerprint density at radius 1 is 1.03 bits per heavy atom. The lowest BCUT2D eigenvalue weighted by Crippen LogP contribution is -2.12. The molecule has 3 aliphatic rings. The van der Waals surface area contributed by atoms with E-state index in [1.807, 2.05) is 13.0 Å². The van der Waals surface area contributed by atoms with Crippen molar-refractivity contribution >= 4 is 16.9 Å². The van der Waals surface area contributed by atoms with Gasteiger partial charge in [-0.05, 0) is 48.6 Å². The molecule has 29 heavy (non-hydrogen) atoms. The van der Waals surface area contributed by atoms with E-state index in [2.05, 4.69) is 13.8 Å². The van der Waals surface area contributed by atoms with Gasteiger partial charge in [0.15, 0.2) is 5.43 Å². The molecule has 0 aromatic heterocycles. The maximum atomic E-state index is 11.3. The number of carbonyl (C=O) groups is 1. The third-order valence-electron chi connectivity index (χ3n) is 5.49. The van der Waals surface area contributed by atoms with E-state index in [4.69, 9.17) is 14.3 Å². The second-order valence-corrected chi connectivity index (χ2v) is 7.82. The van der Waals surface area contributed by atoms with Gasteiger partial charge < -0.3 is 14.6 Å². The summed E-state index contributed by atoms with van der Waals surface area (Å²) in [7, 11) is 0. The number of carboxylic acids is 1. The molecule has 5 nitrogen and oxygen atoms in total. The van der Waals surface area contributed by atoms with Crippen LogP contribution in [0.4, 0.5) is 0 Å². The summed E-state index contributed by atoms with van der Waals surface area (Å²) in [6.07, 6.45) is 5.90. The largest absolute Gasteiger partial charge is 0.508 e. The van der Waals surface area contributed by atoms with Crippen molar-refractivity contribution in [3.05, 3.63) is 52.2 Å². The fourth-order valence-electron chi connectivity index (χ4n) is 3.57. The van der Waals surface area contributed by atoms with Crippen LogP contribution in [0.25, 0.3) is 22.3 Å². The van der Waals surface area contributed by atoms with Crippen molar-refractivity contribution in [2.45, 2.75) is 53.4 Å². The number of phenols is 1. The highest BCUT2D eigenvalue weighted by molar-refractivity contribution is 5.88. The Bertz CT molecular complexity index is 974. The minimum atomic E-state index is -0.833. The molecular formula is C24H30O5. The van der Waals surface area contributed by atoms with Crippen molar-refractivity contribution in [2.24, 2.45) is 11.8 Å². The predicted molar refractivity (Wildman–Crippen MR) is 116 cm³/mol. The molecule has 5 heteroatoms. The summed E-state index contributed by atoms with van der Waals surface area (Å²) in [5, 5.41) is 17.8. The van der Waals surface area contributed by atoms with Crippen molar-refractivity contribution in [3.8, 4) is 17.1 Å². The summed E-state index contributed by atoms with van der Waals surface area (Å²) in [6.45, 7) is 7.81. The molecule has 1 saturated carbocycles. The van der Waals surface area contributed by atoms with Crippen molar-refractivity contribution in [1.82, 2.24) is 0 Å². The second kappa shape index (κ2) is 10.1. The van der Waals surface area contributed by atoms with Crippen molar-refractivity contribution in [1.29, 1.82) is 0 Å². The summed E-state index contributed by atoms with van der Waals surface area (Å²) in [5.41, 5.74) is 2.46. The van der Waals surface area contributed by atoms with Crippen LogP contribution in [0.15, 0.2) is 45.6 Å². The van der Waals surface area contributed by atoms with E-state index in [9.17, 15) is 9.90 Å². The van der Waals surface area contributed by atoms with Gasteiger partial charge in [0.05, 0.1) is 0 Å². The maximum absolute atomic E-state index is 11.3. The summed E-state index contributed by atoms with van der Waals surface area (Å²) in [4.78, 5) is 20.3. The number of fused-ring (bicyclic) bond motifs is 2. The number of aromatic hydroxyl groups is 1. The molecule has 0 amide bonds. The Hall–Kier alpha value is -2.82. The molecule has 2 atom stereocenters. The first-order chi connectivity index (χ1) is 13.7. The van der Waals surface area contributed by atoms with E-state index in [1.54, 1.807) is 18.2 Å². The van der Waals surface area contributed by atoms with Crippen LogP contribution in [-0.2, 0) is 4.79 Å². The van der Waals surface area contributed by atoms with E-state index in [0.29, 0.717) is 11.3 Å². The van der Waals surface area contributed by atoms with Gasteiger partial charge in [-0.1, -0.05) is 39.5 Å². The number of aryl methyl sites for hydroxylation is 1. The Balaban J connectivity index is 0.000000208. The van der Waals surface area contributed by atoms with Crippen molar-refractivity contribution in [3.63, 3.8) is 0 Å². The van der Waals surface area contributed by atoms with Gasteiger partial charge in [-0.2, -0.15) is 0 Å². The average molecular weight is 398 g/mol. The zero-order chi connectivity index (χ0) is 21.6. The number of aliphatic carboxylic acids is 1. The number of carboxylic acid groups (broad SMARTS) is 1. The van der Waals surface area contributed by atoms with Crippen molar-refractivity contribution < 1.29 is 19.4 Å². The summed E-state index contributed by atoms with van der Waals surface area (Å²) in [6, 6.07) is 9.75. The number of phenolic OH excluding ortho intramolecular Hbond substituents is 1. The predicted octanol–water partition coefficient (Wildman–Crippen LogP) is 5.84. The van der Waals surface area contributed by atoms with Gasteiger partial charge in [-0.25, -0.2) is 0 Å². The highest BCUT2D eigenvalue weighted by atomic mass is 16.4. The summed E-state index contributed by atoms with van der Waals surface area (Å²) >= 11 is 0. The second-order valence-electron chi connectivity index (χ2n) is 7.82. The summed E-state index contributed by atoms with van der Waals surface area (Å²) in [5.74, 6) is 1.87. The molecule has 1 aromatic rings. The molecule has 1 heterocycles. The lowest BCUT2D eigenvalue weighted by Gasteiger charge is -2.24. The summed E-state index contributed by atoms with van der Waals surface area (Å²) < 4.78 is 5.63. The molecule has 1 aromatic carbocycles. The zero-order valence-electron chi connectivity index (χ0n) is 17.6. The van der Waals surface area contributed by atoms with Crippen LogP contribution in [-0.4, -0.2) is 16.2 Å². The van der Waals surface area contributed by atoms with Crippen LogP contribution in [0.5, 0.6) is 5.75 Å². The fraction of sp³-hybridized carbons (Fsp3) is 0.417. The normalized spacial score (nSPS) is 18.3. The molecule has 2 unspecified atom stereocenters. The van der Waals surface area contributed by atoms with Crippen LogP contribution in [0.1, 0.15) is 52.0 Å². The standard InChI is InChI=1S/C14H10O3.C8H16.C2H4O2/c1-8-11-4-2-9(15)6-13(11)17-14-7-10(16)3-5-12(8)14;1-7-5-3-4-6-8(7)2;1-2(3)4/h2-7,15H,1H3;7-8H,3-6H2,1-2H3;1H3,(H,3,4). The van der Waals surface area contributed by atoms with Gasteiger partial charge in [0.1, 0.15) is 17.1 Å². The molecule has 156 valence electrons. The van der Waals surface area contributed by atoms with Crippen molar-refractivity contribution in [2.75, 3.05) is 0 Å². The number of rotatable bonds is 0. The van der Waals surface area contributed by atoms with Crippen LogP contribution in [0, 0.1) is 18.8 Å². The molecule has 0 saturated heterocycles. The topological polar surface area (TPSA) is 87.7 Å². The van der Waals surface area contributed by atoms with Gasteiger partial charge in [0.25, 0.3) is 5.97 Å². The first kappa shape index (κ1) is 22.5. The van der Waals surface area contributed by atoms with Gasteiger partial charge in [0, 0.05) is 30.0 Å². The average Bonchev–Trinajstić information content (AvgIpc) is 2.64. The van der Waals surface area contributed by atoms with Crippen LogP contribution in [0.3, 0.4) is 0 Å². The molecule has 0 bridgehead atoms. The van der Waals surface area contributed by atoms with Crippen LogP contribution in [0.2, 0.25) is 0 Å². The minimum Gasteiger partial charge on any atom is -0.508 e. The molecule has 1 aliphatic heterocycles. The van der Waals surface area contributed by atoms with E-state index >= 15 is 0 Å². The number of benzene rings is 2. The fourth-order valence-corrected chi connectivity index (χ4v) is 3.57. The minimum absolute atomic E-state index is 0.0832. The van der Waals surface area contributed by atoms with E-state index in [-0.39, 0.29) is 11.2 Å². The molecule has 2 N–H and O–H groups in total. The molecule has 4 rings (SSSR count). The molecule has 1 fully saturated rings. The monoisotopic (exact) mass is 398 g/mol. The lowest BCUT2D eigenvalue weighted by molar-refractivity contribution is -0.134. The SMILES string of the molecule is CC(=O)O.CC1CCCCC1C.Cc1c2ccc(=O)cc-2oc2cc(O)ccc12. The molecule has 0 radical (unpaired) electrons. The maximum Gasteiger partial charge on any atom is 0.300 e. The number of hydrogen-bond donors (Lipinski definition) is 2. The van der Waals surface area contributed by atoms with Crippen LogP contribution >= 0.6 is 0 Å². The highest BCUT2D eigenvalue weighted by Gasteiger charge is 2.15. The smallest absolute Gasteiger partial charge is 0.300 e. The Morgan fingerprint density at radius 2 is 1.62 bits per heavy atom. The Morgan fingerprint density at radius 3 is 2.17 bits per heavy atom. The molecular weight excluding hydrogens is 368 g/mol. The van der Waals surface area contributed by atoms with Gasteiger partial charge in [-0.15, -0.1) is 0 Å². The quantitative estimate of drug-likeness (QED) is 0.465. The third-order valence-corrected chi connectivity index (χ3v) is 5.49. The highest BCUT2D eigenvalue weighted by Crippen LogP contribution is 2.33. The molecule has 0 spiro atoms. The van der Waals surface area contributed by atoms with E-state index in [0.717, 1.165) is 35.3 Å². The Kier molecular flexibility index (Phi) is 7.82. The molecule has 2 aliphatic carbocycles.